The van der Waals surface area contributed by atoms with Gasteiger partial charge in [0.25, 0.3) is 0 Å². The zero-order chi connectivity index (χ0) is 12.5. The molecule has 0 amide bonds. The molecule has 2 nitrogen and oxygen atoms in total. The van der Waals surface area contributed by atoms with Crippen LogP contribution in [0.2, 0.25) is 0 Å². The number of halogens is 1. The van der Waals surface area contributed by atoms with Crippen molar-refractivity contribution in [2.45, 2.75) is 32.2 Å². The summed E-state index contributed by atoms with van der Waals surface area (Å²) in [6.45, 7) is 3.12. The van der Waals surface area contributed by atoms with Crippen LogP contribution in [0.5, 0.6) is 0 Å². The van der Waals surface area contributed by atoms with Gasteiger partial charge in [-0.2, -0.15) is 0 Å². The first-order valence-electron chi connectivity index (χ1n) is 6.97. The summed E-state index contributed by atoms with van der Waals surface area (Å²) in [5.41, 5.74) is 7.58. The van der Waals surface area contributed by atoms with Crippen LogP contribution in [0, 0.1) is 17.7 Å². The molecule has 2 atom stereocenters. The number of likely N-dealkylation sites (tertiary alicyclic amines) is 1. The summed E-state index contributed by atoms with van der Waals surface area (Å²) >= 11 is 0. The van der Waals surface area contributed by atoms with Crippen LogP contribution >= 0.6 is 0 Å². The summed E-state index contributed by atoms with van der Waals surface area (Å²) < 4.78 is 13.3. The summed E-state index contributed by atoms with van der Waals surface area (Å²) in [5, 5.41) is 0. The van der Waals surface area contributed by atoms with Crippen molar-refractivity contribution in [2.24, 2.45) is 11.8 Å². The van der Waals surface area contributed by atoms with E-state index in [-0.39, 0.29) is 5.82 Å². The van der Waals surface area contributed by atoms with Crippen molar-refractivity contribution < 1.29 is 4.39 Å². The lowest BCUT2D eigenvalue weighted by Crippen LogP contribution is -2.42. The van der Waals surface area contributed by atoms with Crippen LogP contribution in [0.15, 0.2) is 18.2 Å². The van der Waals surface area contributed by atoms with Crippen LogP contribution in [-0.4, -0.2) is 18.0 Å². The highest BCUT2D eigenvalue weighted by atomic mass is 19.1. The van der Waals surface area contributed by atoms with E-state index in [9.17, 15) is 4.39 Å². The summed E-state index contributed by atoms with van der Waals surface area (Å²) in [6, 6.07) is 4.69. The third-order valence-electron chi connectivity index (χ3n) is 4.42. The van der Waals surface area contributed by atoms with Gasteiger partial charge in [0, 0.05) is 25.3 Å². The van der Waals surface area contributed by atoms with Crippen LogP contribution in [-0.2, 0) is 6.54 Å². The van der Waals surface area contributed by atoms with Gasteiger partial charge in [0.05, 0.1) is 0 Å². The second-order valence-electron chi connectivity index (χ2n) is 5.94. The Morgan fingerprint density at radius 1 is 1.22 bits per heavy atom. The fourth-order valence-electron chi connectivity index (χ4n) is 3.62. The Bertz CT molecular complexity index is 421. The SMILES string of the molecule is Nc1ccc(F)cc1CN1CC2CCCC(C2)C1. The lowest BCUT2D eigenvalue weighted by atomic mass is 9.78. The first-order valence-corrected chi connectivity index (χ1v) is 6.97. The summed E-state index contributed by atoms with van der Waals surface area (Å²) in [5.74, 6) is 1.52. The minimum atomic E-state index is -0.184. The zero-order valence-corrected chi connectivity index (χ0v) is 10.7. The minimum absolute atomic E-state index is 0.184. The number of nitrogen functional groups attached to an aromatic ring is 1. The molecule has 0 radical (unpaired) electrons. The highest BCUT2D eigenvalue weighted by Crippen LogP contribution is 2.35. The van der Waals surface area contributed by atoms with Gasteiger partial charge in [-0.15, -0.1) is 0 Å². The maximum absolute atomic E-state index is 13.3. The van der Waals surface area contributed by atoms with E-state index in [1.165, 1.54) is 31.7 Å². The number of nitrogens with zero attached hydrogens (tertiary/aromatic N) is 1. The van der Waals surface area contributed by atoms with Gasteiger partial charge >= 0.3 is 0 Å². The Morgan fingerprint density at radius 2 is 1.94 bits per heavy atom. The van der Waals surface area contributed by atoms with Crippen LogP contribution in [0.4, 0.5) is 10.1 Å². The Labute approximate surface area is 108 Å². The van der Waals surface area contributed by atoms with Crippen molar-refractivity contribution in [3.05, 3.63) is 29.6 Å². The highest BCUT2D eigenvalue weighted by molar-refractivity contribution is 5.46. The second kappa shape index (κ2) is 4.88. The van der Waals surface area contributed by atoms with Crippen molar-refractivity contribution in [1.82, 2.24) is 4.90 Å². The quantitative estimate of drug-likeness (QED) is 0.815. The summed E-state index contributed by atoms with van der Waals surface area (Å²) in [7, 11) is 0. The molecule has 0 spiro atoms. The first-order chi connectivity index (χ1) is 8.70. The minimum Gasteiger partial charge on any atom is -0.398 e. The van der Waals surface area contributed by atoms with Gasteiger partial charge in [0.15, 0.2) is 0 Å². The lowest BCUT2D eigenvalue weighted by molar-refractivity contribution is 0.0809. The van der Waals surface area contributed by atoms with E-state index < -0.39 is 0 Å². The van der Waals surface area contributed by atoms with Crippen LogP contribution in [0.1, 0.15) is 31.2 Å². The summed E-state index contributed by atoms with van der Waals surface area (Å²) in [4.78, 5) is 2.46. The van der Waals surface area contributed by atoms with Crippen molar-refractivity contribution in [2.75, 3.05) is 18.8 Å². The van der Waals surface area contributed by atoms with Gasteiger partial charge < -0.3 is 5.73 Å². The Morgan fingerprint density at radius 3 is 2.67 bits per heavy atom. The van der Waals surface area contributed by atoms with Gasteiger partial charge in [-0.05, 0) is 54.9 Å². The van der Waals surface area contributed by atoms with Crippen molar-refractivity contribution in [3.63, 3.8) is 0 Å². The normalized spacial score (nSPS) is 28.3. The van der Waals surface area contributed by atoms with Gasteiger partial charge in [-0.3, -0.25) is 4.90 Å². The molecule has 1 aliphatic heterocycles. The predicted molar refractivity (Wildman–Crippen MR) is 71.5 cm³/mol. The number of hydrogen-bond acceptors (Lipinski definition) is 2. The average Bonchev–Trinajstić information content (AvgIpc) is 2.33. The molecule has 2 aliphatic rings. The maximum atomic E-state index is 13.3. The van der Waals surface area contributed by atoms with Gasteiger partial charge in [-0.1, -0.05) is 6.42 Å². The van der Waals surface area contributed by atoms with E-state index in [0.29, 0.717) is 5.69 Å². The Kier molecular flexibility index (Phi) is 3.25. The molecule has 1 saturated carbocycles. The molecule has 1 heterocycles. The van der Waals surface area contributed by atoms with Crippen molar-refractivity contribution in [1.29, 1.82) is 0 Å². The van der Waals surface area contributed by atoms with Gasteiger partial charge in [0.2, 0.25) is 0 Å². The molecular weight excluding hydrogens is 227 g/mol. The fraction of sp³-hybridized carbons (Fsp3) is 0.600. The standard InChI is InChI=1S/C15H21FN2/c16-14-4-5-15(17)13(7-14)10-18-8-11-2-1-3-12(6-11)9-18/h4-5,7,11-12H,1-3,6,8-10,17H2. The molecule has 18 heavy (non-hydrogen) atoms. The molecule has 1 aliphatic carbocycles. The average molecular weight is 248 g/mol. The van der Waals surface area contributed by atoms with Crippen molar-refractivity contribution in [3.8, 4) is 0 Å². The number of piperidine rings is 1. The zero-order valence-electron chi connectivity index (χ0n) is 10.7. The summed E-state index contributed by atoms with van der Waals surface area (Å²) in [6.07, 6.45) is 5.53. The third-order valence-corrected chi connectivity index (χ3v) is 4.42. The molecule has 2 unspecified atom stereocenters. The van der Waals surface area contributed by atoms with Gasteiger partial charge in [0.1, 0.15) is 5.82 Å². The third kappa shape index (κ3) is 2.51. The molecule has 1 aromatic carbocycles. The first kappa shape index (κ1) is 12.0. The number of benzene rings is 1. The number of fused-ring (bicyclic) bond motifs is 2. The monoisotopic (exact) mass is 248 g/mol. The maximum Gasteiger partial charge on any atom is 0.123 e. The van der Waals surface area contributed by atoms with E-state index in [1.54, 1.807) is 12.1 Å². The topological polar surface area (TPSA) is 29.3 Å². The molecule has 2 bridgehead atoms. The molecule has 1 aromatic rings. The van der Waals surface area contributed by atoms with Crippen LogP contribution in [0.3, 0.4) is 0 Å². The molecule has 2 fully saturated rings. The van der Waals surface area contributed by atoms with E-state index >= 15 is 0 Å². The highest BCUT2D eigenvalue weighted by Gasteiger charge is 2.30. The van der Waals surface area contributed by atoms with Crippen LogP contribution < -0.4 is 5.73 Å². The van der Waals surface area contributed by atoms with Gasteiger partial charge in [-0.25, -0.2) is 4.39 Å². The number of anilines is 1. The van der Waals surface area contributed by atoms with Crippen molar-refractivity contribution >= 4 is 5.69 Å². The molecule has 1 saturated heterocycles. The van der Waals surface area contributed by atoms with Crippen LogP contribution in [0.25, 0.3) is 0 Å². The fourth-order valence-corrected chi connectivity index (χ4v) is 3.62. The van der Waals surface area contributed by atoms with E-state index in [0.717, 1.165) is 37.0 Å². The smallest absolute Gasteiger partial charge is 0.123 e. The van der Waals surface area contributed by atoms with E-state index in [1.807, 2.05) is 0 Å². The molecule has 0 aromatic heterocycles. The number of rotatable bonds is 2. The molecular formula is C15H21FN2. The Hall–Kier alpha value is -1.09. The van der Waals surface area contributed by atoms with E-state index in [2.05, 4.69) is 4.90 Å². The Balaban J connectivity index is 1.70. The van der Waals surface area contributed by atoms with E-state index in [4.69, 9.17) is 5.73 Å². The largest absolute Gasteiger partial charge is 0.398 e. The molecule has 3 heteroatoms. The molecule has 3 rings (SSSR count). The number of nitrogens with two attached hydrogens (primary N) is 1. The molecule has 2 N–H and O–H groups in total. The molecule has 98 valence electrons. The number of hydrogen-bond donors (Lipinski definition) is 1. The second-order valence-corrected chi connectivity index (χ2v) is 5.94. The lowest BCUT2D eigenvalue weighted by Gasteiger charge is -2.41. The predicted octanol–water partition coefficient (Wildman–Crippen LogP) is 3.03.